The number of likely N-dealkylation sites (tertiary alicyclic amines) is 1. The van der Waals surface area contributed by atoms with E-state index >= 15 is 0 Å². The van der Waals surface area contributed by atoms with Gasteiger partial charge in [-0.1, -0.05) is 19.8 Å². The van der Waals surface area contributed by atoms with E-state index in [0.29, 0.717) is 5.92 Å². The molecule has 2 aliphatic carbocycles. The Morgan fingerprint density at radius 1 is 1.11 bits per heavy atom. The highest BCUT2D eigenvalue weighted by Gasteiger charge is 2.42. The molecule has 3 heteroatoms. The highest BCUT2D eigenvalue weighted by molar-refractivity contribution is 4.95. The van der Waals surface area contributed by atoms with Crippen LogP contribution in [-0.2, 0) is 0 Å². The second-order valence-electron chi connectivity index (χ2n) is 7.00. The largest absolute Gasteiger partial charge is 0.393 e. The lowest BCUT2D eigenvalue weighted by Crippen LogP contribution is -2.44. The first-order valence-corrected chi connectivity index (χ1v) is 8.41. The lowest BCUT2D eigenvalue weighted by Gasteiger charge is -2.35. The molecule has 2 N–H and O–H groups in total. The Bertz CT molecular complexity index is 294. The molecule has 2 saturated carbocycles. The molecule has 110 valence electrons. The maximum atomic E-state index is 10.0. The maximum absolute atomic E-state index is 10.0. The summed E-state index contributed by atoms with van der Waals surface area (Å²) in [4.78, 5) is 2.65. The van der Waals surface area contributed by atoms with E-state index in [1.54, 1.807) is 0 Å². The molecule has 0 aromatic rings. The molecule has 1 heterocycles. The van der Waals surface area contributed by atoms with Crippen LogP contribution in [0.25, 0.3) is 0 Å². The van der Waals surface area contributed by atoms with E-state index in [1.165, 1.54) is 45.2 Å². The zero-order valence-electron chi connectivity index (χ0n) is 12.4. The molecule has 5 unspecified atom stereocenters. The van der Waals surface area contributed by atoms with Gasteiger partial charge in [0.05, 0.1) is 6.10 Å². The summed E-state index contributed by atoms with van der Waals surface area (Å²) in [6.07, 6.45) is 7.86. The van der Waals surface area contributed by atoms with Crippen molar-refractivity contribution in [3.8, 4) is 0 Å². The minimum absolute atomic E-state index is 0.00841. The van der Waals surface area contributed by atoms with E-state index in [1.807, 2.05) is 0 Å². The number of fused-ring (bicyclic) bond motifs is 1. The predicted octanol–water partition coefficient (Wildman–Crippen LogP) is 1.86. The molecule has 0 amide bonds. The van der Waals surface area contributed by atoms with Crippen LogP contribution in [0.1, 0.15) is 45.4 Å². The molecule has 0 bridgehead atoms. The van der Waals surface area contributed by atoms with Crippen LogP contribution in [-0.4, -0.2) is 48.3 Å². The third-order valence-electron chi connectivity index (χ3n) is 5.76. The minimum atomic E-state index is -0.00841. The van der Waals surface area contributed by atoms with Crippen molar-refractivity contribution in [1.29, 1.82) is 0 Å². The fourth-order valence-electron chi connectivity index (χ4n) is 4.77. The minimum Gasteiger partial charge on any atom is -0.393 e. The summed E-state index contributed by atoms with van der Waals surface area (Å²) >= 11 is 0. The molecule has 3 fully saturated rings. The van der Waals surface area contributed by atoms with E-state index in [9.17, 15) is 5.11 Å². The van der Waals surface area contributed by atoms with Crippen LogP contribution in [0.5, 0.6) is 0 Å². The normalized spacial score (nSPS) is 43.6. The summed E-state index contributed by atoms with van der Waals surface area (Å²) in [7, 11) is 0. The van der Waals surface area contributed by atoms with Crippen molar-refractivity contribution in [1.82, 2.24) is 10.2 Å². The molecule has 19 heavy (non-hydrogen) atoms. The van der Waals surface area contributed by atoms with Crippen molar-refractivity contribution in [3.63, 3.8) is 0 Å². The lowest BCUT2D eigenvalue weighted by molar-refractivity contribution is 0.118. The molecule has 0 spiro atoms. The number of aliphatic hydroxyl groups is 1. The zero-order chi connectivity index (χ0) is 13.2. The molecule has 0 radical (unpaired) electrons. The third-order valence-corrected chi connectivity index (χ3v) is 5.76. The van der Waals surface area contributed by atoms with Crippen molar-refractivity contribution in [2.75, 3.05) is 26.2 Å². The summed E-state index contributed by atoms with van der Waals surface area (Å²) in [6, 6.07) is 0.740. The second-order valence-corrected chi connectivity index (χ2v) is 7.00. The van der Waals surface area contributed by atoms with Gasteiger partial charge in [-0.3, -0.25) is 0 Å². The Kier molecular flexibility index (Phi) is 4.45. The predicted molar refractivity (Wildman–Crippen MR) is 78.1 cm³/mol. The van der Waals surface area contributed by atoms with Crippen LogP contribution < -0.4 is 5.32 Å². The molecule has 1 saturated heterocycles. The van der Waals surface area contributed by atoms with E-state index in [4.69, 9.17) is 0 Å². The molecule has 1 aliphatic heterocycles. The van der Waals surface area contributed by atoms with Gasteiger partial charge in [0, 0.05) is 31.6 Å². The SMILES string of the molecule is CCNC1CCCCC1CN1CC2CCC(O)C2C1. The number of hydrogen-bond acceptors (Lipinski definition) is 3. The van der Waals surface area contributed by atoms with Gasteiger partial charge in [0.2, 0.25) is 0 Å². The Hall–Kier alpha value is -0.120. The number of rotatable bonds is 4. The topological polar surface area (TPSA) is 35.5 Å². The standard InChI is InChI=1S/C16H30N2O/c1-2-17-15-6-4-3-5-13(15)10-18-9-12-7-8-16(19)14(12)11-18/h12-17,19H,2-11H2,1H3. The van der Waals surface area contributed by atoms with Gasteiger partial charge >= 0.3 is 0 Å². The van der Waals surface area contributed by atoms with Crippen LogP contribution in [0.4, 0.5) is 0 Å². The number of nitrogens with one attached hydrogen (secondary N) is 1. The van der Waals surface area contributed by atoms with Crippen molar-refractivity contribution in [3.05, 3.63) is 0 Å². The van der Waals surface area contributed by atoms with E-state index in [2.05, 4.69) is 17.1 Å². The van der Waals surface area contributed by atoms with Crippen LogP contribution in [0, 0.1) is 17.8 Å². The van der Waals surface area contributed by atoms with Gasteiger partial charge in [-0.05, 0) is 44.1 Å². The summed E-state index contributed by atoms with van der Waals surface area (Å²) < 4.78 is 0. The average molecular weight is 266 g/mol. The number of aliphatic hydroxyl groups excluding tert-OH is 1. The monoisotopic (exact) mass is 266 g/mol. The molecule has 3 rings (SSSR count). The molecular formula is C16H30N2O. The van der Waals surface area contributed by atoms with Gasteiger partial charge in [0.25, 0.3) is 0 Å². The molecule has 5 atom stereocenters. The molecule has 3 nitrogen and oxygen atoms in total. The molecule has 0 aromatic carbocycles. The first-order valence-electron chi connectivity index (χ1n) is 8.41. The summed E-state index contributed by atoms with van der Waals surface area (Å²) in [5.74, 6) is 2.21. The van der Waals surface area contributed by atoms with Crippen LogP contribution in [0.3, 0.4) is 0 Å². The van der Waals surface area contributed by atoms with Crippen LogP contribution >= 0.6 is 0 Å². The molecular weight excluding hydrogens is 236 g/mol. The van der Waals surface area contributed by atoms with E-state index < -0.39 is 0 Å². The van der Waals surface area contributed by atoms with Gasteiger partial charge < -0.3 is 15.3 Å². The van der Waals surface area contributed by atoms with Gasteiger partial charge in [-0.2, -0.15) is 0 Å². The first-order chi connectivity index (χ1) is 9.28. The Morgan fingerprint density at radius 3 is 2.74 bits per heavy atom. The highest BCUT2D eigenvalue weighted by atomic mass is 16.3. The maximum Gasteiger partial charge on any atom is 0.0583 e. The van der Waals surface area contributed by atoms with Gasteiger partial charge in [0.1, 0.15) is 0 Å². The summed E-state index contributed by atoms with van der Waals surface area (Å²) in [6.45, 7) is 6.99. The highest BCUT2D eigenvalue weighted by Crippen LogP contribution is 2.39. The smallest absolute Gasteiger partial charge is 0.0583 e. The van der Waals surface area contributed by atoms with Gasteiger partial charge in [-0.15, -0.1) is 0 Å². The Balaban J connectivity index is 1.53. The lowest BCUT2D eigenvalue weighted by atomic mass is 9.84. The Labute approximate surface area is 117 Å². The number of nitrogens with zero attached hydrogens (tertiary/aromatic N) is 1. The summed E-state index contributed by atoms with van der Waals surface area (Å²) in [5, 5.41) is 13.7. The van der Waals surface area contributed by atoms with Crippen molar-refractivity contribution in [2.24, 2.45) is 17.8 Å². The van der Waals surface area contributed by atoms with E-state index in [0.717, 1.165) is 37.4 Å². The number of hydrogen-bond donors (Lipinski definition) is 2. The van der Waals surface area contributed by atoms with Crippen LogP contribution in [0.2, 0.25) is 0 Å². The molecule has 3 aliphatic rings. The third kappa shape index (κ3) is 2.98. The summed E-state index contributed by atoms with van der Waals surface area (Å²) in [5.41, 5.74) is 0. The Morgan fingerprint density at radius 2 is 1.95 bits per heavy atom. The molecule has 0 aromatic heterocycles. The second kappa shape index (κ2) is 6.11. The fraction of sp³-hybridized carbons (Fsp3) is 1.00. The fourth-order valence-corrected chi connectivity index (χ4v) is 4.77. The quantitative estimate of drug-likeness (QED) is 0.815. The zero-order valence-corrected chi connectivity index (χ0v) is 12.4. The van der Waals surface area contributed by atoms with Gasteiger partial charge in [0.15, 0.2) is 0 Å². The van der Waals surface area contributed by atoms with E-state index in [-0.39, 0.29) is 6.10 Å². The van der Waals surface area contributed by atoms with Crippen molar-refractivity contribution >= 4 is 0 Å². The van der Waals surface area contributed by atoms with Crippen LogP contribution in [0.15, 0.2) is 0 Å². The van der Waals surface area contributed by atoms with Gasteiger partial charge in [-0.25, -0.2) is 0 Å². The first kappa shape index (κ1) is 13.8. The van der Waals surface area contributed by atoms with Crippen molar-refractivity contribution in [2.45, 2.75) is 57.6 Å². The average Bonchev–Trinajstić information content (AvgIpc) is 2.95. The van der Waals surface area contributed by atoms with Crippen molar-refractivity contribution < 1.29 is 5.11 Å².